The summed E-state index contributed by atoms with van der Waals surface area (Å²) in [6.45, 7) is 15.7. The second-order valence-electron chi connectivity index (χ2n) is 6.18. The van der Waals surface area contributed by atoms with E-state index < -0.39 is 0 Å². The van der Waals surface area contributed by atoms with E-state index in [-0.39, 0.29) is 0 Å². The molecule has 1 aromatic carbocycles. The van der Waals surface area contributed by atoms with Crippen LogP contribution in [0.2, 0.25) is 0 Å². The van der Waals surface area contributed by atoms with E-state index in [2.05, 4.69) is 65.2 Å². The van der Waals surface area contributed by atoms with E-state index in [1.165, 1.54) is 28.1 Å². The van der Waals surface area contributed by atoms with Gasteiger partial charge in [-0.15, -0.1) is 0 Å². The Morgan fingerprint density at radius 3 is 1.95 bits per heavy atom. The van der Waals surface area contributed by atoms with Crippen LogP contribution in [0.5, 0.6) is 0 Å². The minimum Gasteiger partial charge on any atom is -0.382 e. The van der Waals surface area contributed by atoms with Crippen molar-refractivity contribution in [3.63, 3.8) is 0 Å². The number of aryl methyl sites for hydroxylation is 1. The van der Waals surface area contributed by atoms with Crippen LogP contribution in [0.15, 0.2) is 6.07 Å². The van der Waals surface area contributed by atoms with E-state index in [0.717, 1.165) is 25.7 Å². The normalized spacial score (nSPS) is 13.9. The maximum absolute atomic E-state index is 3.75. The molecular formula is C19H34N2. The van der Waals surface area contributed by atoms with E-state index in [1.807, 2.05) is 0 Å². The molecule has 0 aliphatic rings. The number of rotatable bonds is 8. The summed E-state index contributed by atoms with van der Waals surface area (Å²) >= 11 is 0. The fraction of sp³-hybridized carbons (Fsp3) is 0.684. The lowest BCUT2D eigenvalue weighted by Gasteiger charge is -2.25. The largest absolute Gasteiger partial charge is 0.382 e. The van der Waals surface area contributed by atoms with Gasteiger partial charge in [0, 0.05) is 23.5 Å². The van der Waals surface area contributed by atoms with E-state index in [4.69, 9.17) is 0 Å². The first-order valence-corrected chi connectivity index (χ1v) is 8.66. The molecule has 2 unspecified atom stereocenters. The standard InChI is InChI=1S/C19H34N2/c1-8-13(5)20-18-12-16(10-3)17(11-4)19(15(18)7)21-14(6)9-2/h12-14,20-21H,8-11H2,1-7H3. The van der Waals surface area contributed by atoms with Crippen LogP contribution in [0.25, 0.3) is 0 Å². The second-order valence-corrected chi connectivity index (χ2v) is 6.18. The lowest BCUT2D eigenvalue weighted by molar-refractivity contribution is 0.755. The lowest BCUT2D eigenvalue weighted by Crippen LogP contribution is -2.19. The van der Waals surface area contributed by atoms with E-state index in [0.29, 0.717) is 12.1 Å². The van der Waals surface area contributed by atoms with Crippen molar-refractivity contribution in [3.05, 3.63) is 22.8 Å². The highest BCUT2D eigenvalue weighted by Crippen LogP contribution is 2.33. The Kier molecular flexibility index (Phi) is 7.07. The molecule has 0 spiro atoms. The Hall–Kier alpha value is -1.18. The molecule has 2 atom stereocenters. The van der Waals surface area contributed by atoms with Crippen LogP contribution in [-0.4, -0.2) is 12.1 Å². The summed E-state index contributed by atoms with van der Waals surface area (Å²) in [6, 6.07) is 3.39. The average Bonchev–Trinajstić information content (AvgIpc) is 2.50. The third-order valence-corrected chi connectivity index (χ3v) is 4.54. The van der Waals surface area contributed by atoms with Gasteiger partial charge in [0.05, 0.1) is 0 Å². The fourth-order valence-corrected chi connectivity index (χ4v) is 2.67. The van der Waals surface area contributed by atoms with Gasteiger partial charge in [-0.2, -0.15) is 0 Å². The van der Waals surface area contributed by atoms with Gasteiger partial charge in [-0.05, 0) is 69.2 Å². The first kappa shape index (κ1) is 17.9. The Labute approximate surface area is 131 Å². The summed E-state index contributed by atoms with van der Waals surface area (Å²) in [5, 5.41) is 7.42. The van der Waals surface area contributed by atoms with Crippen molar-refractivity contribution in [1.82, 2.24) is 0 Å². The monoisotopic (exact) mass is 290 g/mol. The molecule has 120 valence electrons. The molecule has 0 saturated heterocycles. The highest BCUT2D eigenvalue weighted by Gasteiger charge is 2.15. The Morgan fingerprint density at radius 1 is 0.905 bits per heavy atom. The predicted octanol–water partition coefficient (Wildman–Crippen LogP) is 5.54. The van der Waals surface area contributed by atoms with Crippen molar-refractivity contribution in [2.75, 3.05) is 10.6 Å². The van der Waals surface area contributed by atoms with Gasteiger partial charge in [0.1, 0.15) is 0 Å². The summed E-state index contributed by atoms with van der Waals surface area (Å²) in [5.41, 5.74) is 6.98. The molecule has 21 heavy (non-hydrogen) atoms. The molecule has 0 aromatic heterocycles. The Morgan fingerprint density at radius 2 is 1.48 bits per heavy atom. The summed E-state index contributed by atoms with van der Waals surface area (Å²) in [5.74, 6) is 0. The zero-order valence-corrected chi connectivity index (χ0v) is 15.1. The van der Waals surface area contributed by atoms with Crippen molar-refractivity contribution in [1.29, 1.82) is 0 Å². The van der Waals surface area contributed by atoms with Crippen LogP contribution < -0.4 is 10.6 Å². The zero-order valence-electron chi connectivity index (χ0n) is 15.1. The molecule has 0 fully saturated rings. The number of hydrogen-bond acceptors (Lipinski definition) is 2. The van der Waals surface area contributed by atoms with Crippen LogP contribution in [-0.2, 0) is 12.8 Å². The maximum atomic E-state index is 3.75. The van der Waals surface area contributed by atoms with Crippen molar-refractivity contribution in [2.24, 2.45) is 0 Å². The van der Waals surface area contributed by atoms with Crippen LogP contribution in [0.3, 0.4) is 0 Å². The van der Waals surface area contributed by atoms with Crippen LogP contribution in [0.4, 0.5) is 11.4 Å². The van der Waals surface area contributed by atoms with Crippen molar-refractivity contribution in [3.8, 4) is 0 Å². The Bertz CT molecular complexity index is 451. The van der Waals surface area contributed by atoms with Gasteiger partial charge in [0.2, 0.25) is 0 Å². The minimum atomic E-state index is 0.511. The first-order chi connectivity index (χ1) is 9.98. The SMILES string of the molecule is CCc1cc(NC(C)CC)c(C)c(NC(C)CC)c1CC. The molecule has 0 bridgehead atoms. The molecule has 0 amide bonds. The molecule has 0 aliphatic heterocycles. The second kappa shape index (κ2) is 8.31. The highest BCUT2D eigenvalue weighted by molar-refractivity contribution is 5.71. The van der Waals surface area contributed by atoms with Gasteiger partial charge in [-0.25, -0.2) is 0 Å². The minimum absolute atomic E-state index is 0.511. The predicted molar refractivity (Wildman–Crippen MR) is 96.7 cm³/mol. The van der Waals surface area contributed by atoms with Gasteiger partial charge >= 0.3 is 0 Å². The van der Waals surface area contributed by atoms with Crippen molar-refractivity contribution >= 4 is 11.4 Å². The van der Waals surface area contributed by atoms with E-state index in [9.17, 15) is 0 Å². The molecule has 0 heterocycles. The van der Waals surface area contributed by atoms with Crippen molar-refractivity contribution < 1.29 is 0 Å². The van der Waals surface area contributed by atoms with E-state index in [1.54, 1.807) is 0 Å². The van der Waals surface area contributed by atoms with Gasteiger partial charge in [-0.3, -0.25) is 0 Å². The number of anilines is 2. The van der Waals surface area contributed by atoms with Gasteiger partial charge < -0.3 is 10.6 Å². The summed E-state index contributed by atoms with van der Waals surface area (Å²) in [6.07, 6.45) is 4.47. The van der Waals surface area contributed by atoms with Gasteiger partial charge in [0.25, 0.3) is 0 Å². The van der Waals surface area contributed by atoms with Crippen LogP contribution >= 0.6 is 0 Å². The molecule has 2 N–H and O–H groups in total. The quantitative estimate of drug-likeness (QED) is 0.656. The molecule has 2 nitrogen and oxygen atoms in total. The fourth-order valence-electron chi connectivity index (χ4n) is 2.67. The molecular weight excluding hydrogens is 256 g/mol. The molecule has 0 saturated carbocycles. The summed E-state index contributed by atoms with van der Waals surface area (Å²) in [4.78, 5) is 0. The number of hydrogen-bond donors (Lipinski definition) is 2. The molecule has 2 heteroatoms. The summed E-state index contributed by atoms with van der Waals surface area (Å²) in [7, 11) is 0. The zero-order chi connectivity index (χ0) is 16.0. The number of benzene rings is 1. The lowest BCUT2D eigenvalue weighted by atomic mass is 9.95. The average molecular weight is 290 g/mol. The first-order valence-electron chi connectivity index (χ1n) is 8.66. The third kappa shape index (κ3) is 4.39. The molecule has 0 radical (unpaired) electrons. The van der Waals surface area contributed by atoms with Crippen LogP contribution in [0, 0.1) is 6.92 Å². The van der Waals surface area contributed by atoms with E-state index >= 15 is 0 Å². The third-order valence-electron chi connectivity index (χ3n) is 4.54. The smallest absolute Gasteiger partial charge is 0.0427 e. The highest BCUT2D eigenvalue weighted by atomic mass is 14.9. The summed E-state index contributed by atoms with van der Waals surface area (Å²) < 4.78 is 0. The topological polar surface area (TPSA) is 24.1 Å². The number of nitrogens with one attached hydrogen (secondary N) is 2. The molecule has 0 aliphatic carbocycles. The van der Waals surface area contributed by atoms with Crippen LogP contribution in [0.1, 0.15) is 71.1 Å². The van der Waals surface area contributed by atoms with Gasteiger partial charge in [0.15, 0.2) is 0 Å². The maximum Gasteiger partial charge on any atom is 0.0427 e. The van der Waals surface area contributed by atoms with Gasteiger partial charge in [-0.1, -0.05) is 27.7 Å². The van der Waals surface area contributed by atoms with Crippen molar-refractivity contribution in [2.45, 2.75) is 86.2 Å². The molecule has 1 rings (SSSR count). The molecule has 1 aromatic rings. The Balaban J connectivity index is 3.31.